The molecule has 0 aromatic heterocycles. The standard InChI is InChI=1S/C23H30N2O2S/c1-7-27-22(26)19-9-8-10-20(17(19)6)24-23(28)25-21(14(2)3)18-12-11-15(4)13-16(18)5/h8-14,21H,7H2,1-6H3,(H2,24,25,28). The second-order valence-electron chi connectivity index (χ2n) is 7.38. The third kappa shape index (κ3) is 5.32. The number of rotatable bonds is 6. The van der Waals surface area contributed by atoms with Crippen molar-refractivity contribution in [1.29, 1.82) is 0 Å². The zero-order valence-electron chi connectivity index (χ0n) is 17.6. The molecule has 1 atom stereocenters. The maximum absolute atomic E-state index is 12.1. The summed E-state index contributed by atoms with van der Waals surface area (Å²) in [6.07, 6.45) is 0. The van der Waals surface area contributed by atoms with E-state index < -0.39 is 0 Å². The first-order valence-corrected chi connectivity index (χ1v) is 10.1. The molecule has 0 saturated heterocycles. The van der Waals surface area contributed by atoms with Crippen LogP contribution in [0.4, 0.5) is 5.69 Å². The van der Waals surface area contributed by atoms with E-state index >= 15 is 0 Å². The second kappa shape index (κ2) is 9.69. The monoisotopic (exact) mass is 398 g/mol. The lowest BCUT2D eigenvalue weighted by atomic mass is 9.92. The van der Waals surface area contributed by atoms with Crippen molar-refractivity contribution in [3.05, 3.63) is 64.2 Å². The Morgan fingerprint density at radius 3 is 2.46 bits per heavy atom. The van der Waals surface area contributed by atoms with E-state index in [9.17, 15) is 4.79 Å². The van der Waals surface area contributed by atoms with Gasteiger partial charge >= 0.3 is 5.97 Å². The summed E-state index contributed by atoms with van der Waals surface area (Å²) in [7, 11) is 0. The molecule has 2 rings (SSSR count). The lowest BCUT2D eigenvalue weighted by molar-refractivity contribution is 0.0525. The summed E-state index contributed by atoms with van der Waals surface area (Å²) < 4.78 is 5.13. The van der Waals surface area contributed by atoms with Crippen LogP contribution in [0.15, 0.2) is 36.4 Å². The molecule has 2 aromatic rings. The molecule has 0 bridgehead atoms. The highest BCUT2D eigenvalue weighted by Gasteiger charge is 2.19. The predicted octanol–water partition coefficient (Wildman–Crippen LogP) is 5.47. The fourth-order valence-corrected chi connectivity index (χ4v) is 3.52. The molecule has 28 heavy (non-hydrogen) atoms. The van der Waals surface area contributed by atoms with E-state index in [2.05, 4.69) is 56.5 Å². The second-order valence-corrected chi connectivity index (χ2v) is 7.79. The van der Waals surface area contributed by atoms with Crippen LogP contribution in [-0.4, -0.2) is 17.7 Å². The minimum absolute atomic E-state index is 0.0918. The normalized spacial score (nSPS) is 11.8. The largest absolute Gasteiger partial charge is 0.462 e. The minimum atomic E-state index is -0.321. The number of anilines is 1. The van der Waals surface area contributed by atoms with Crippen molar-refractivity contribution in [2.24, 2.45) is 5.92 Å². The first-order valence-electron chi connectivity index (χ1n) is 9.66. The Labute approximate surface area is 173 Å². The molecule has 150 valence electrons. The van der Waals surface area contributed by atoms with Gasteiger partial charge in [-0.05, 0) is 74.7 Å². The average molecular weight is 399 g/mol. The van der Waals surface area contributed by atoms with Crippen molar-refractivity contribution in [3.63, 3.8) is 0 Å². The molecule has 2 aromatic carbocycles. The number of ether oxygens (including phenoxy) is 1. The Balaban J connectivity index is 2.20. The van der Waals surface area contributed by atoms with Crippen LogP contribution in [-0.2, 0) is 4.74 Å². The number of aryl methyl sites for hydroxylation is 2. The van der Waals surface area contributed by atoms with Gasteiger partial charge in [-0.1, -0.05) is 43.7 Å². The SMILES string of the molecule is CCOC(=O)c1cccc(NC(=S)NC(c2ccc(C)cc2C)C(C)C)c1C. The number of benzene rings is 2. The summed E-state index contributed by atoms with van der Waals surface area (Å²) in [6, 6.07) is 12.1. The van der Waals surface area contributed by atoms with Crippen LogP contribution in [0.1, 0.15) is 59.4 Å². The van der Waals surface area contributed by atoms with Crippen molar-refractivity contribution in [2.75, 3.05) is 11.9 Å². The summed E-state index contributed by atoms with van der Waals surface area (Å²) in [5.74, 6) is 0.0333. The highest BCUT2D eigenvalue weighted by Crippen LogP contribution is 2.26. The van der Waals surface area contributed by atoms with E-state index in [1.54, 1.807) is 13.0 Å². The summed E-state index contributed by atoms with van der Waals surface area (Å²) in [5, 5.41) is 7.22. The zero-order valence-corrected chi connectivity index (χ0v) is 18.4. The van der Waals surface area contributed by atoms with E-state index in [1.165, 1.54) is 16.7 Å². The Bertz CT molecular complexity index is 862. The maximum Gasteiger partial charge on any atom is 0.338 e. The minimum Gasteiger partial charge on any atom is -0.462 e. The number of carbonyl (C=O) groups excluding carboxylic acids is 1. The molecule has 2 N–H and O–H groups in total. The van der Waals surface area contributed by atoms with Crippen molar-refractivity contribution >= 4 is 29.0 Å². The number of hydrogen-bond donors (Lipinski definition) is 2. The van der Waals surface area contributed by atoms with Gasteiger partial charge in [0.25, 0.3) is 0 Å². The van der Waals surface area contributed by atoms with Gasteiger partial charge in [0.15, 0.2) is 5.11 Å². The van der Waals surface area contributed by atoms with Crippen molar-refractivity contribution < 1.29 is 9.53 Å². The molecule has 0 radical (unpaired) electrons. The summed E-state index contributed by atoms with van der Waals surface area (Å²) >= 11 is 5.58. The van der Waals surface area contributed by atoms with Crippen LogP contribution in [0.25, 0.3) is 0 Å². The number of carbonyl (C=O) groups is 1. The number of thiocarbonyl (C=S) groups is 1. The molecule has 0 fully saturated rings. The van der Waals surface area contributed by atoms with Gasteiger partial charge in [-0.2, -0.15) is 0 Å². The summed E-state index contributed by atoms with van der Waals surface area (Å²) in [4.78, 5) is 12.1. The number of esters is 1. The molecule has 0 amide bonds. The molecule has 4 nitrogen and oxygen atoms in total. The highest BCUT2D eigenvalue weighted by atomic mass is 32.1. The Hall–Kier alpha value is -2.40. The van der Waals surface area contributed by atoms with Gasteiger partial charge in [-0.15, -0.1) is 0 Å². The molecule has 5 heteroatoms. The summed E-state index contributed by atoms with van der Waals surface area (Å²) in [6.45, 7) is 12.6. The van der Waals surface area contributed by atoms with Crippen LogP contribution in [0.3, 0.4) is 0 Å². The van der Waals surface area contributed by atoms with Gasteiger partial charge < -0.3 is 15.4 Å². The Morgan fingerprint density at radius 1 is 1.14 bits per heavy atom. The van der Waals surface area contributed by atoms with Crippen LogP contribution in [0, 0.1) is 26.7 Å². The molecule has 0 spiro atoms. The van der Waals surface area contributed by atoms with Crippen LogP contribution in [0.2, 0.25) is 0 Å². The Kier molecular flexibility index (Phi) is 7.58. The fourth-order valence-electron chi connectivity index (χ4n) is 3.28. The van der Waals surface area contributed by atoms with Crippen LogP contribution >= 0.6 is 12.2 Å². The smallest absolute Gasteiger partial charge is 0.338 e. The first-order chi connectivity index (χ1) is 13.2. The lowest BCUT2D eigenvalue weighted by Crippen LogP contribution is -2.35. The van der Waals surface area contributed by atoms with Crippen molar-refractivity contribution in [3.8, 4) is 0 Å². The summed E-state index contributed by atoms with van der Waals surface area (Å²) in [5.41, 5.74) is 5.89. The molecule has 0 heterocycles. The number of nitrogens with one attached hydrogen (secondary N) is 2. The molecule has 1 unspecified atom stereocenters. The van der Waals surface area contributed by atoms with Crippen molar-refractivity contribution in [1.82, 2.24) is 5.32 Å². The van der Waals surface area contributed by atoms with Gasteiger partial charge in [-0.25, -0.2) is 4.79 Å². The van der Waals surface area contributed by atoms with E-state index in [1.807, 2.05) is 19.1 Å². The van der Waals surface area contributed by atoms with E-state index in [-0.39, 0.29) is 12.0 Å². The third-order valence-electron chi connectivity index (χ3n) is 4.79. The van der Waals surface area contributed by atoms with Crippen LogP contribution in [0.5, 0.6) is 0 Å². The molecule has 0 aliphatic carbocycles. The molecular weight excluding hydrogens is 368 g/mol. The van der Waals surface area contributed by atoms with Gasteiger partial charge in [0.2, 0.25) is 0 Å². The molecule has 0 aliphatic heterocycles. The quantitative estimate of drug-likeness (QED) is 0.499. The number of hydrogen-bond acceptors (Lipinski definition) is 3. The van der Waals surface area contributed by atoms with Crippen molar-refractivity contribution in [2.45, 2.75) is 47.6 Å². The molecule has 0 aliphatic rings. The molecule has 0 saturated carbocycles. The topological polar surface area (TPSA) is 50.4 Å². The predicted molar refractivity (Wildman–Crippen MR) is 120 cm³/mol. The highest BCUT2D eigenvalue weighted by molar-refractivity contribution is 7.80. The third-order valence-corrected chi connectivity index (χ3v) is 5.01. The van der Waals surface area contributed by atoms with Gasteiger partial charge in [0, 0.05) is 5.69 Å². The lowest BCUT2D eigenvalue weighted by Gasteiger charge is -2.27. The van der Waals surface area contributed by atoms with Gasteiger partial charge in [-0.3, -0.25) is 0 Å². The average Bonchev–Trinajstić information content (AvgIpc) is 2.62. The van der Waals surface area contributed by atoms with Crippen LogP contribution < -0.4 is 10.6 Å². The van der Waals surface area contributed by atoms with Gasteiger partial charge in [0.05, 0.1) is 18.2 Å². The molecular formula is C23H30N2O2S. The zero-order chi connectivity index (χ0) is 20.8. The first kappa shape index (κ1) is 21.9. The van der Waals surface area contributed by atoms with Gasteiger partial charge in [0.1, 0.15) is 0 Å². The Morgan fingerprint density at radius 2 is 1.86 bits per heavy atom. The van der Waals surface area contributed by atoms with E-state index in [0.29, 0.717) is 23.2 Å². The maximum atomic E-state index is 12.1. The van der Waals surface area contributed by atoms with E-state index in [4.69, 9.17) is 17.0 Å². The van der Waals surface area contributed by atoms with E-state index in [0.717, 1.165) is 11.3 Å². The fraction of sp³-hybridized carbons (Fsp3) is 0.391.